The van der Waals surface area contributed by atoms with Gasteiger partial charge in [0.1, 0.15) is 0 Å². The summed E-state index contributed by atoms with van der Waals surface area (Å²) in [7, 11) is 0. The van der Waals surface area contributed by atoms with Gasteiger partial charge in [-0.3, -0.25) is 0 Å². The molecule has 3 N–H and O–H groups in total. The molecule has 0 radical (unpaired) electrons. The molecule has 0 amide bonds. The van der Waals surface area contributed by atoms with Crippen LogP contribution in [0.4, 0.5) is 5.69 Å². The minimum Gasteiger partial charge on any atom is -0.398 e. The first-order chi connectivity index (χ1) is 9.51. The number of nitrogens with one attached hydrogen (secondary N) is 1. The smallest absolute Gasteiger partial charge is 0.0638 e. The summed E-state index contributed by atoms with van der Waals surface area (Å²) in [5.74, 6) is 0.779. The van der Waals surface area contributed by atoms with E-state index < -0.39 is 0 Å². The van der Waals surface area contributed by atoms with Crippen LogP contribution in [0.1, 0.15) is 51.5 Å². The maximum atomic E-state index is 6.06. The number of nitrogens with two attached hydrogens (primary N) is 1. The lowest BCUT2D eigenvalue weighted by Crippen LogP contribution is -2.33. The van der Waals surface area contributed by atoms with E-state index in [1.54, 1.807) is 0 Å². The van der Waals surface area contributed by atoms with Gasteiger partial charge in [-0.05, 0) is 48.3 Å². The van der Waals surface area contributed by atoms with E-state index in [4.69, 9.17) is 17.3 Å². The molecule has 20 heavy (non-hydrogen) atoms. The largest absolute Gasteiger partial charge is 0.398 e. The highest BCUT2D eigenvalue weighted by Gasteiger charge is 2.33. The van der Waals surface area contributed by atoms with Gasteiger partial charge in [-0.2, -0.15) is 0 Å². The van der Waals surface area contributed by atoms with Crippen molar-refractivity contribution < 1.29 is 0 Å². The minimum absolute atomic E-state index is 0.520. The number of benzene rings is 1. The third kappa shape index (κ3) is 4.13. The Morgan fingerprint density at radius 2 is 2.00 bits per heavy atom. The highest BCUT2D eigenvalue weighted by molar-refractivity contribution is 6.33. The van der Waals surface area contributed by atoms with Gasteiger partial charge >= 0.3 is 0 Å². The molecule has 0 bridgehead atoms. The highest BCUT2D eigenvalue weighted by atomic mass is 35.5. The van der Waals surface area contributed by atoms with E-state index in [0.717, 1.165) is 19.0 Å². The molecule has 1 aliphatic carbocycles. The van der Waals surface area contributed by atoms with Crippen molar-refractivity contribution >= 4 is 17.3 Å². The Morgan fingerprint density at radius 3 is 2.60 bits per heavy atom. The molecule has 1 aromatic carbocycles. The molecule has 0 aliphatic heterocycles. The third-order valence-electron chi connectivity index (χ3n) is 4.40. The number of halogens is 1. The number of nitrogen functional groups attached to an aromatic ring is 1. The van der Waals surface area contributed by atoms with Crippen molar-refractivity contribution in [1.82, 2.24) is 5.32 Å². The standard InChI is InChI=1S/C17H27ClN2/c1-13(2)10-17(7-3-4-8-17)12-20-11-14-5-6-16(19)15(18)9-14/h5-6,9,13,20H,3-4,7-8,10-12,19H2,1-2H3. The van der Waals surface area contributed by atoms with Crippen LogP contribution in [-0.2, 0) is 6.54 Å². The highest BCUT2D eigenvalue weighted by Crippen LogP contribution is 2.42. The van der Waals surface area contributed by atoms with Crippen molar-refractivity contribution in [1.29, 1.82) is 0 Å². The van der Waals surface area contributed by atoms with E-state index in [1.807, 2.05) is 12.1 Å². The SMILES string of the molecule is CC(C)CC1(CNCc2ccc(N)c(Cl)c2)CCCC1. The number of rotatable bonds is 6. The molecule has 0 atom stereocenters. The molecule has 1 aliphatic rings. The van der Waals surface area contributed by atoms with E-state index in [-0.39, 0.29) is 0 Å². The summed E-state index contributed by atoms with van der Waals surface area (Å²) in [5, 5.41) is 4.29. The van der Waals surface area contributed by atoms with Crippen LogP contribution in [0.5, 0.6) is 0 Å². The summed E-state index contributed by atoms with van der Waals surface area (Å²) in [5.41, 5.74) is 8.13. The Bertz CT molecular complexity index is 437. The van der Waals surface area contributed by atoms with Gasteiger partial charge in [0.2, 0.25) is 0 Å². The van der Waals surface area contributed by atoms with Crippen LogP contribution in [0.3, 0.4) is 0 Å². The first kappa shape index (κ1) is 15.7. The Hall–Kier alpha value is -0.730. The molecule has 2 nitrogen and oxygen atoms in total. The van der Waals surface area contributed by atoms with E-state index in [1.165, 1.54) is 37.7 Å². The van der Waals surface area contributed by atoms with Crippen molar-refractivity contribution in [3.8, 4) is 0 Å². The van der Waals surface area contributed by atoms with Crippen molar-refractivity contribution in [2.24, 2.45) is 11.3 Å². The first-order valence-corrected chi connectivity index (χ1v) is 8.13. The van der Waals surface area contributed by atoms with Crippen LogP contribution in [-0.4, -0.2) is 6.54 Å². The van der Waals surface area contributed by atoms with Gasteiger partial charge < -0.3 is 11.1 Å². The van der Waals surface area contributed by atoms with Crippen molar-refractivity contribution in [3.05, 3.63) is 28.8 Å². The zero-order valence-corrected chi connectivity index (χ0v) is 13.5. The number of hydrogen-bond acceptors (Lipinski definition) is 2. The van der Waals surface area contributed by atoms with Gasteiger partial charge in [-0.25, -0.2) is 0 Å². The fourth-order valence-corrected chi connectivity index (χ4v) is 3.80. The zero-order valence-electron chi connectivity index (χ0n) is 12.7. The maximum absolute atomic E-state index is 6.06. The van der Waals surface area contributed by atoms with Crippen LogP contribution < -0.4 is 11.1 Å². The van der Waals surface area contributed by atoms with Crippen LogP contribution in [0.2, 0.25) is 5.02 Å². The van der Waals surface area contributed by atoms with Gasteiger partial charge in [0.25, 0.3) is 0 Å². The second-order valence-corrected chi connectivity index (χ2v) is 7.17. The molecule has 0 unspecified atom stereocenters. The quantitative estimate of drug-likeness (QED) is 0.751. The molecule has 0 saturated heterocycles. The second kappa shape index (κ2) is 6.82. The predicted octanol–water partition coefficient (Wildman–Crippen LogP) is 4.62. The van der Waals surface area contributed by atoms with Gasteiger partial charge in [0.15, 0.2) is 0 Å². The lowest BCUT2D eigenvalue weighted by molar-refractivity contribution is 0.223. The van der Waals surface area contributed by atoms with Gasteiger partial charge in [-0.15, -0.1) is 0 Å². The summed E-state index contributed by atoms with van der Waals surface area (Å²) in [6, 6.07) is 5.91. The van der Waals surface area contributed by atoms with Crippen molar-refractivity contribution in [2.45, 2.75) is 52.5 Å². The zero-order chi connectivity index (χ0) is 14.6. The van der Waals surface area contributed by atoms with E-state index in [9.17, 15) is 0 Å². The molecule has 1 fully saturated rings. The topological polar surface area (TPSA) is 38.0 Å². The average molecular weight is 295 g/mol. The molecule has 3 heteroatoms. The van der Waals surface area contributed by atoms with E-state index in [0.29, 0.717) is 16.1 Å². The lowest BCUT2D eigenvalue weighted by atomic mass is 9.78. The van der Waals surface area contributed by atoms with Crippen molar-refractivity contribution in [3.63, 3.8) is 0 Å². The van der Waals surface area contributed by atoms with Crippen LogP contribution >= 0.6 is 11.6 Å². The average Bonchev–Trinajstić information content (AvgIpc) is 2.81. The van der Waals surface area contributed by atoms with Crippen LogP contribution in [0, 0.1) is 11.3 Å². The summed E-state index contributed by atoms with van der Waals surface area (Å²) < 4.78 is 0. The molecule has 1 aromatic rings. The summed E-state index contributed by atoms with van der Waals surface area (Å²) in [6.45, 7) is 6.66. The molecule has 0 aromatic heterocycles. The van der Waals surface area contributed by atoms with E-state index >= 15 is 0 Å². The summed E-state index contributed by atoms with van der Waals surface area (Å²) in [6.07, 6.45) is 6.87. The normalized spacial score (nSPS) is 17.8. The number of hydrogen-bond donors (Lipinski definition) is 2. The fraction of sp³-hybridized carbons (Fsp3) is 0.647. The fourth-order valence-electron chi connectivity index (χ4n) is 3.60. The summed E-state index contributed by atoms with van der Waals surface area (Å²) >= 11 is 6.06. The van der Waals surface area contributed by atoms with Crippen LogP contribution in [0.25, 0.3) is 0 Å². The van der Waals surface area contributed by atoms with Crippen LogP contribution in [0.15, 0.2) is 18.2 Å². The Balaban J connectivity index is 1.88. The molecule has 0 spiro atoms. The molecule has 112 valence electrons. The Morgan fingerprint density at radius 1 is 1.30 bits per heavy atom. The Kier molecular flexibility index (Phi) is 5.34. The first-order valence-electron chi connectivity index (χ1n) is 7.75. The molecule has 2 rings (SSSR count). The molecular formula is C17H27ClN2. The third-order valence-corrected chi connectivity index (χ3v) is 4.73. The van der Waals surface area contributed by atoms with Crippen molar-refractivity contribution in [2.75, 3.05) is 12.3 Å². The van der Waals surface area contributed by atoms with Gasteiger partial charge in [0.05, 0.1) is 10.7 Å². The lowest BCUT2D eigenvalue weighted by Gasteiger charge is -2.31. The second-order valence-electron chi connectivity index (χ2n) is 6.76. The van der Waals surface area contributed by atoms with Gasteiger partial charge in [0, 0.05) is 13.1 Å². The monoisotopic (exact) mass is 294 g/mol. The van der Waals surface area contributed by atoms with E-state index in [2.05, 4.69) is 25.2 Å². The Labute approximate surface area is 128 Å². The molecule has 0 heterocycles. The molecule has 1 saturated carbocycles. The molecular weight excluding hydrogens is 268 g/mol. The minimum atomic E-state index is 0.520. The van der Waals surface area contributed by atoms with Gasteiger partial charge in [-0.1, -0.05) is 44.4 Å². The maximum Gasteiger partial charge on any atom is 0.0638 e. The summed E-state index contributed by atoms with van der Waals surface area (Å²) in [4.78, 5) is 0. The number of anilines is 1. The predicted molar refractivity (Wildman–Crippen MR) is 87.9 cm³/mol.